The van der Waals surface area contributed by atoms with Crippen LogP contribution in [0.15, 0.2) is 29.1 Å². The van der Waals surface area contributed by atoms with Gasteiger partial charge in [0.25, 0.3) is 5.56 Å². The molecule has 0 bridgehead atoms. The summed E-state index contributed by atoms with van der Waals surface area (Å²) in [6.07, 6.45) is -2.82. The highest BCUT2D eigenvalue weighted by molar-refractivity contribution is 7.88. The van der Waals surface area contributed by atoms with Gasteiger partial charge in [-0.05, 0) is 25.0 Å². The first-order valence-electron chi connectivity index (χ1n) is 7.61. The Balaban J connectivity index is 2.25. The van der Waals surface area contributed by atoms with Gasteiger partial charge in [0, 0.05) is 6.54 Å². The van der Waals surface area contributed by atoms with Gasteiger partial charge in [0.1, 0.15) is 12.4 Å². The summed E-state index contributed by atoms with van der Waals surface area (Å²) < 4.78 is 64.6. The zero-order chi connectivity index (χ0) is 18.4. The largest absolute Gasteiger partial charge is 0.406 e. The van der Waals surface area contributed by atoms with Crippen LogP contribution in [-0.2, 0) is 16.6 Å². The lowest BCUT2D eigenvalue weighted by Crippen LogP contribution is -2.37. The second-order valence-electron chi connectivity index (χ2n) is 6.03. The predicted molar refractivity (Wildman–Crippen MR) is 85.6 cm³/mol. The molecule has 136 valence electrons. The van der Waals surface area contributed by atoms with Crippen LogP contribution in [-0.4, -0.2) is 41.3 Å². The van der Waals surface area contributed by atoms with Crippen LogP contribution in [0.5, 0.6) is 0 Å². The molecule has 0 amide bonds. The topological polar surface area (TPSA) is 72.3 Å². The van der Waals surface area contributed by atoms with E-state index in [0.717, 1.165) is 10.6 Å². The van der Waals surface area contributed by atoms with Crippen LogP contribution in [0, 0.1) is 0 Å². The van der Waals surface area contributed by atoms with Crippen molar-refractivity contribution in [3.63, 3.8) is 0 Å². The van der Waals surface area contributed by atoms with Gasteiger partial charge in [-0.15, -0.1) is 0 Å². The average molecular weight is 375 g/mol. The van der Waals surface area contributed by atoms with Gasteiger partial charge in [0.05, 0.1) is 23.2 Å². The molecular formula is C15H16F3N3O3S. The molecule has 2 heterocycles. The van der Waals surface area contributed by atoms with Crippen molar-refractivity contribution in [2.24, 2.45) is 0 Å². The molecule has 0 radical (unpaired) electrons. The highest BCUT2D eigenvalue weighted by Crippen LogP contribution is 2.33. The number of hydrogen-bond acceptors (Lipinski definition) is 4. The Bertz CT molecular complexity index is 969. The Kier molecular flexibility index (Phi) is 4.36. The van der Waals surface area contributed by atoms with Crippen LogP contribution in [0.1, 0.15) is 24.7 Å². The maximum Gasteiger partial charge on any atom is 0.406 e. The lowest BCUT2D eigenvalue weighted by molar-refractivity contribution is -0.141. The van der Waals surface area contributed by atoms with Gasteiger partial charge in [0.15, 0.2) is 0 Å². The number of benzene rings is 1. The number of aromatic nitrogens is 2. The van der Waals surface area contributed by atoms with Gasteiger partial charge >= 0.3 is 6.18 Å². The van der Waals surface area contributed by atoms with Crippen LogP contribution in [0.25, 0.3) is 10.9 Å². The van der Waals surface area contributed by atoms with E-state index in [0.29, 0.717) is 17.4 Å². The van der Waals surface area contributed by atoms with Crippen LogP contribution in [0.3, 0.4) is 0 Å². The summed E-state index contributed by atoms with van der Waals surface area (Å²) in [6, 6.07) is 5.22. The Morgan fingerprint density at radius 3 is 2.60 bits per heavy atom. The van der Waals surface area contributed by atoms with Crippen LogP contribution in [0.2, 0.25) is 0 Å². The molecule has 0 aliphatic carbocycles. The molecule has 2 aromatic rings. The second-order valence-corrected chi connectivity index (χ2v) is 7.96. The molecule has 1 atom stereocenters. The van der Waals surface area contributed by atoms with Gasteiger partial charge in [-0.3, -0.25) is 9.36 Å². The number of hydrogen-bond donors (Lipinski definition) is 0. The first-order chi connectivity index (χ1) is 11.6. The van der Waals surface area contributed by atoms with Crippen LogP contribution < -0.4 is 5.56 Å². The standard InChI is InChI=1S/C15H16F3N3O3S/c1-25(23,24)21-8-4-7-12(21)13-19-11-6-3-2-5-10(11)14(22)20(13)9-15(16,17)18/h2-3,5-6,12H,4,7-9H2,1H3. The Morgan fingerprint density at radius 1 is 1.28 bits per heavy atom. The molecule has 10 heteroatoms. The first-order valence-corrected chi connectivity index (χ1v) is 9.46. The summed E-state index contributed by atoms with van der Waals surface area (Å²) in [5.41, 5.74) is -0.570. The molecule has 1 unspecified atom stereocenters. The minimum Gasteiger partial charge on any atom is -0.286 e. The third-order valence-corrected chi connectivity index (χ3v) is 5.45. The summed E-state index contributed by atoms with van der Waals surface area (Å²) in [5, 5.41) is 0.0689. The maximum absolute atomic E-state index is 13.0. The van der Waals surface area contributed by atoms with Crippen molar-refractivity contribution in [1.82, 2.24) is 13.9 Å². The van der Waals surface area contributed by atoms with E-state index >= 15 is 0 Å². The number of nitrogens with zero attached hydrogens (tertiary/aromatic N) is 3. The molecular weight excluding hydrogens is 359 g/mol. The smallest absolute Gasteiger partial charge is 0.286 e. The Morgan fingerprint density at radius 2 is 1.96 bits per heavy atom. The zero-order valence-electron chi connectivity index (χ0n) is 13.3. The van der Waals surface area contributed by atoms with E-state index in [4.69, 9.17) is 0 Å². The number of alkyl halides is 3. The van der Waals surface area contributed by atoms with E-state index in [1.165, 1.54) is 12.1 Å². The minimum atomic E-state index is -4.63. The SMILES string of the molecule is CS(=O)(=O)N1CCCC1c1nc2ccccc2c(=O)n1CC(F)(F)F. The molecule has 1 aromatic heterocycles. The summed E-state index contributed by atoms with van der Waals surface area (Å²) in [7, 11) is -3.63. The van der Waals surface area contributed by atoms with E-state index in [-0.39, 0.29) is 23.3 Å². The lowest BCUT2D eigenvalue weighted by Gasteiger charge is -2.25. The van der Waals surface area contributed by atoms with E-state index in [1.54, 1.807) is 12.1 Å². The van der Waals surface area contributed by atoms with Gasteiger partial charge in [-0.1, -0.05) is 12.1 Å². The highest BCUT2D eigenvalue weighted by Gasteiger charge is 2.38. The van der Waals surface area contributed by atoms with E-state index in [9.17, 15) is 26.4 Å². The molecule has 1 aliphatic rings. The van der Waals surface area contributed by atoms with Crippen molar-refractivity contribution in [3.05, 3.63) is 40.4 Å². The normalized spacial score (nSPS) is 19.6. The van der Waals surface area contributed by atoms with E-state index in [2.05, 4.69) is 4.98 Å². The monoisotopic (exact) mass is 375 g/mol. The van der Waals surface area contributed by atoms with Crippen LogP contribution >= 0.6 is 0 Å². The fourth-order valence-electron chi connectivity index (χ4n) is 3.17. The number of halogens is 3. The van der Waals surface area contributed by atoms with Crippen molar-refractivity contribution in [2.45, 2.75) is 31.6 Å². The quantitative estimate of drug-likeness (QED) is 0.823. The van der Waals surface area contributed by atoms with Gasteiger partial charge in [0.2, 0.25) is 10.0 Å². The van der Waals surface area contributed by atoms with Crippen molar-refractivity contribution >= 4 is 20.9 Å². The van der Waals surface area contributed by atoms with Gasteiger partial charge < -0.3 is 0 Å². The first kappa shape index (κ1) is 17.9. The highest BCUT2D eigenvalue weighted by atomic mass is 32.2. The second kappa shape index (κ2) is 6.10. The van der Waals surface area contributed by atoms with Gasteiger partial charge in [-0.2, -0.15) is 17.5 Å². The van der Waals surface area contributed by atoms with Crippen molar-refractivity contribution < 1.29 is 21.6 Å². The third-order valence-electron chi connectivity index (χ3n) is 4.16. The molecule has 0 N–H and O–H groups in total. The Hall–Kier alpha value is -1.94. The molecule has 1 fully saturated rings. The van der Waals surface area contributed by atoms with Crippen molar-refractivity contribution in [3.8, 4) is 0 Å². The van der Waals surface area contributed by atoms with E-state index < -0.39 is 34.3 Å². The molecule has 1 saturated heterocycles. The molecule has 25 heavy (non-hydrogen) atoms. The summed E-state index contributed by atoms with van der Waals surface area (Å²) in [6.45, 7) is -1.31. The number of sulfonamides is 1. The van der Waals surface area contributed by atoms with Crippen molar-refractivity contribution in [1.29, 1.82) is 0 Å². The van der Waals surface area contributed by atoms with Crippen LogP contribution in [0.4, 0.5) is 13.2 Å². The van der Waals surface area contributed by atoms with Gasteiger partial charge in [-0.25, -0.2) is 13.4 Å². The molecule has 0 spiro atoms. The van der Waals surface area contributed by atoms with Crippen molar-refractivity contribution in [2.75, 3.05) is 12.8 Å². The molecule has 0 saturated carbocycles. The predicted octanol–water partition coefficient (Wildman–Crippen LogP) is 2.06. The summed E-state index contributed by atoms with van der Waals surface area (Å²) in [5.74, 6) is -0.163. The minimum absolute atomic E-state index is 0.0689. The lowest BCUT2D eigenvalue weighted by atomic mass is 10.2. The number of fused-ring (bicyclic) bond motifs is 1. The zero-order valence-corrected chi connectivity index (χ0v) is 14.1. The third kappa shape index (κ3) is 3.54. The molecule has 1 aromatic carbocycles. The number of para-hydroxylation sites is 1. The Labute approximate surface area is 141 Å². The fraction of sp³-hybridized carbons (Fsp3) is 0.467. The summed E-state index contributed by atoms with van der Waals surface area (Å²) >= 11 is 0. The number of rotatable bonds is 3. The molecule has 3 rings (SSSR count). The average Bonchev–Trinajstić information content (AvgIpc) is 2.98. The molecule has 6 nitrogen and oxygen atoms in total. The summed E-state index contributed by atoms with van der Waals surface area (Å²) in [4.78, 5) is 16.8. The molecule has 1 aliphatic heterocycles. The van der Waals surface area contributed by atoms with E-state index in [1.807, 2.05) is 0 Å². The maximum atomic E-state index is 13.0. The fourth-order valence-corrected chi connectivity index (χ4v) is 4.29.